The van der Waals surface area contributed by atoms with Crippen LogP contribution in [0.5, 0.6) is 5.75 Å². The lowest BCUT2D eigenvalue weighted by Crippen LogP contribution is -2.14. The van der Waals surface area contributed by atoms with Crippen LogP contribution in [-0.4, -0.2) is 23.0 Å². The molecule has 2 N–H and O–H groups in total. The van der Waals surface area contributed by atoms with E-state index in [1.54, 1.807) is 30.3 Å². The fourth-order valence-corrected chi connectivity index (χ4v) is 2.26. The van der Waals surface area contributed by atoms with E-state index < -0.39 is 0 Å². The summed E-state index contributed by atoms with van der Waals surface area (Å²) < 4.78 is 18.1. The molecular weight excluding hydrogens is 335 g/mol. The molecule has 0 bridgehead atoms. The summed E-state index contributed by atoms with van der Waals surface area (Å²) >= 11 is 0. The Morgan fingerprint density at radius 1 is 1.08 bits per heavy atom. The molecule has 132 valence electrons. The molecule has 1 amide bonds. The molecule has 0 atom stereocenters. The van der Waals surface area contributed by atoms with E-state index in [0.717, 1.165) is 5.56 Å². The smallest absolute Gasteiger partial charge is 0.258 e. The predicted molar refractivity (Wildman–Crippen MR) is 96.7 cm³/mol. The Labute approximate surface area is 150 Å². The van der Waals surface area contributed by atoms with E-state index in [-0.39, 0.29) is 11.7 Å². The van der Waals surface area contributed by atoms with Crippen molar-refractivity contribution >= 4 is 17.5 Å². The van der Waals surface area contributed by atoms with Gasteiger partial charge in [0.1, 0.15) is 11.6 Å². The maximum atomic E-state index is 12.9. The molecule has 1 heterocycles. The molecule has 7 heteroatoms. The van der Waals surface area contributed by atoms with E-state index in [2.05, 4.69) is 20.6 Å². The number of halogens is 1. The van der Waals surface area contributed by atoms with Gasteiger partial charge in [0.25, 0.3) is 5.91 Å². The average molecular weight is 352 g/mol. The number of nitrogens with one attached hydrogen (secondary N) is 2. The molecule has 0 aliphatic rings. The summed E-state index contributed by atoms with van der Waals surface area (Å²) in [6.07, 6.45) is 2.87. The Hall–Kier alpha value is -3.48. The number of aromatic nitrogens is 2. The monoisotopic (exact) mass is 352 g/mol. The van der Waals surface area contributed by atoms with Crippen molar-refractivity contribution in [3.8, 4) is 5.75 Å². The minimum atomic E-state index is -0.334. The summed E-state index contributed by atoms with van der Waals surface area (Å²) in [6, 6.07) is 13.3. The van der Waals surface area contributed by atoms with Crippen molar-refractivity contribution in [2.24, 2.45) is 0 Å². The van der Waals surface area contributed by atoms with Crippen LogP contribution in [0.1, 0.15) is 15.9 Å². The van der Waals surface area contributed by atoms with Crippen LogP contribution in [-0.2, 0) is 6.54 Å². The number of benzene rings is 2. The van der Waals surface area contributed by atoms with Crippen LogP contribution in [0.2, 0.25) is 0 Å². The number of anilines is 2. The third-order valence-corrected chi connectivity index (χ3v) is 3.63. The predicted octanol–water partition coefficient (Wildman–Crippen LogP) is 3.49. The van der Waals surface area contributed by atoms with Crippen molar-refractivity contribution in [1.82, 2.24) is 9.97 Å². The lowest BCUT2D eigenvalue weighted by molar-refractivity contribution is 0.102. The maximum Gasteiger partial charge on any atom is 0.258 e. The van der Waals surface area contributed by atoms with Gasteiger partial charge in [-0.2, -0.15) is 0 Å². The zero-order valence-electron chi connectivity index (χ0n) is 14.1. The molecule has 6 nitrogen and oxygen atoms in total. The topological polar surface area (TPSA) is 76.1 Å². The molecule has 0 saturated carbocycles. The van der Waals surface area contributed by atoms with E-state index >= 15 is 0 Å². The van der Waals surface area contributed by atoms with Gasteiger partial charge >= 0.3 is 0 Å². The van der Waals surface area contributed by atoms with Crippen molar-refractivity contribution in [1.29, 1.82) is 0 Å². The highest BCUT2D eigenvalue weighted by Crippen LogP contribution is 2.23. The van der Waals surface area contributed by atoms with Crippen molar-refractivity contribution in [3.05, 3.63) is 77.9 Å². The molecule has 0 radical (unpaired) electrons. The number of hydrogen-bond donors (Lipinski definition) is 2. The van der Waals surface area contributed by atoms with Crippen molar-refractivity contribution < 1.29 is 13.9 Å². The Balaban J connectivity index is 1.61. The number of rotatable bonds is 6. The van der Waals surface area contributed by atoms with Crippen LogP contribution in [0.4, 0.5) is 16.0 Å². The summed E-state index contributed by atoms with van der Waals surface area (Å²) in [5.41, 5.74) is 1.79. The number of para-hydroxylation sites is 2. The SMILES string of the molecule is COc1ccccc1NC(=O)c1cnc(NCc2ccc(F)cc2)nc1. The second kappa shape index (κ2) is 8.06. The number of carbonyl (C=O) groups excluding carboxylic acids is 1. The number of hydrogen-bond acceptors (Lipinski definition) is 5. The van der Waals surface area contributed by atoms with Gasteiger partial charge in [-0.1, -0.05) is 24.3 Å². The molecular formula is C19H17FN4O2. The first kappa shape index (κ1) is 17.3. The molecule has 0 saturated heterocycles. The standard InChI is InChI=1S/C19H17FN4O2/c1-26-17-5-3-2-4-16(17)24-18(25)14-11-22-19(23-12-14)21-10-13-6-8-15(20)9-7-13/h2-9,11-12H,10H2,1H3,(H,24,25)(H,21,22,23). The van der Waals surface area contributed by atoms with E-state index in [0.29, 0.717) is 29.5 Å². The molecule has 26 heavy (non-hydrogen) atoms. The van der Waals surface area contributed by atoms with E-state index in [9.17, 15) is 9.18 Å². The van der Waals surface area contributed by atoms with Crippen LogP contribution >= 0.6 is 0 Å². The van der Waals surface area contributed by atoms with Crippen molar-refractivity contribution in [3.63, 3.8) is 0 Å². The first-order chi connectivity index (χ1) is 12.7. The highest BCUT2D eigenvalue weighted by molar-refractivity contribution is 6.04. The van der Waals surface area contributed by atoms with E-state index in [1.165, 1.54) is 31.6 Å². The number of amides is 1. The van der Waals surface area contributed by atoms with E-state index in [4.69, 9.17) is 4.74 Å². The van der Waals surface area contributed by atoms with Gasteiger partial charge in [0, 0.05) is 18.9 Å². The summed E-state index contributed by atoms with van der Waals surface area (Å²) in [6.45, 7) is 0.451. The molecule has 3 aromatic rings. The Bertz CT molecular complexity index is 883. The van der Waals surface area contributed by atoms with Crippen LogP contribution in [0.3, 0.4) is 0 Å². The second-order valence-electron chi connectivity index (χ2n) is 5.43. The number of nitrogens with zero attached hydrogens (tertiary/aromatic N) is 2. The Morgan fingerprint density at radius 2 is 1.77 bits per heavy atom. The molecule has 1 aromatic heterocycles. The van der Waals surface area contributed by atoms with Gasteiger partial charge in [-0.15, -0.1) is 0 Å². The quantitative estimate of drug-likeness (QED) is 0.710. The maximum absolute atomic E-state index is 12.9. The van der Waals surface area contributed by atoms with Crippen LogP contribution in [0.25, 0.3) is 0 Å². The average Bonchev–Trinajstić information content (AvgIpc) is 2.68. The highest BCUT2D eigenvalue weighted by Gasteiger charge is 2.10. The Morgan fingerprint density at radius 3 is 2.46 bits per heavy atom. The number of ether oxygens (including phenoxy) is 1. The first-order valence-corrected chi connectivity index (χ1v) is 7.90. The van der Waals surface area contributed by atoms with Crippen LogP contribution in [0.15, 0.2) is 60.9 Å². The third kappa shape index (κ3) is 4.32. The van der Waals surface area contributed by atoms with Gasteiger partial charge in [-0.3, -0.25) is 4.79 Å². The summed E-state index contributed by atoms with van der Waals surface area (Å²) in [5.74, 6) is 0.331. The van der Waals surface area contributed by atoms with Gasteiger partial charge in [-0.25, -0.2) is 14.4 Å². The summed E-state index contributed by atoms with van der Waals surface area (Å²) in [5, 5.41) is 5.78. The highest BCUT2D eigenvalue weighted by atomic mass is 19.1. The zero-order chi connectivity index (χ0) is 18.4. The zero-order valence-corrected chi connectivity index (χ0v) is 14.1. The minimum Gasteiger partial charge on any atom is -0.495 e. The lowest BCUT2D eigenvalue weighted by atomic mass is 10.2. The van der Waals surface area contributed by atoms with Crippen molar-refractivity contribution in [2.75, 3.05) is 17.7 Å². The van der Waals surface area contributed by atoms with Gasteiger partial charge in [0.2, 0.25) is 5.95 Å². The Kier molecular flexibility index (Phi) is 5.38. The first-order valence-electron chi connectivity index (χ1n) is 7.90. The fraction of sp³-hybridized carbons (Fsp3) is 0.105. The fourth-order valence-electron chi connectivity index (χ4n) is 2.26. The number of carbonyl (C=O) groups is 1. The van der Waals surface area contributed by atoms with Crippen LogP contribution < -0.4 is 15.4 Å². The molecule has 0 spiro atoms. The van der Waals surface area contributed by atoms with Gasteiger partial charge < -0.3 is 15.4 Å². The summed E-state index contributed by atoms with van der Waals surface area (Å²) in [7, 11) is 1.54. The molecule has 0 fully saturated rings. The molecule has 0 aliphatic heterocycles. The van der Waals surface area contributed by atoms with Gasteiger partial charge in [0.05, 0.1) is 18.4 Å². The molecule has 0 unspecified atom stereocenters. The molecule has 0 aliphatic carbocycles. The minimum absolute atomic E-state index is 0.282. The van der Waals surface area contributed by atoms with E-state index in [1.807, 2.05) is 6.07 Å². The molecule has 3 rings (SSSR count). The van der Waals surface area contributed by atoms with Crippen LogP contribution in [0, 0.1) is 5.82 Å². The van der Waals surface area contributed by atoms with Crippen molar-refractivity contribution in [2.45, 2.75) is 6.54 Å². The van der Waals surface area contributed by atoms with Gasteiger partial charge in [-0.05, 0) is 29.8 Å². The third-order valence-electron chi connectivity index (χ3n) is 3.63. The van der Waals surface area contributed by atoms with Gasteiger partial charge in [0.15, 0.2) is 0 Å². The molecule has 2 aromatic carbocycles. The normalized spacial score (nSPS) is 10.2. The summed E-state index contributed by atoms with van der Waals surface area (Å²) in [4.78, 5) is 20.6. The second-order valence-corrected chi connectivity index (χ2v) is 5.43. The number of methoxy groups -OCH3 is 1. The largest absolute Gasteiger partial charge is 0.495 e. The lowest BCUT2D eigenvalue weighted by Gasteiger charge is -2.10.